The van der Waals surface area contributed by atoms with E-state index in [1.54, 1.807) is 0 Å². The maximum absolute atomic E-state index is 12.0. The lowest BCUT2D eigenvalue weighted by Crippen LogP contribution is -2.50. The fraction of sp³-hybridized carbons (Fsp3) is 0.917. The van der Waals surface area contributed by atoms with Gasteiger partial charge >= 0.3 is 5.97 Å². The summed E-state index contributed by atoms with van der Waals surface area (Å²) in [5.41, 5.74) is -0.745. The molecule has 19 heavy (non-hydrogen) atoms. The first-order valence-corrected chi connectivity index (χ1v) is 8.30. The molecule has 1 saturated heterocycles. The quantitative estimate of drug-likeness (QED) is 0.738. The number of nitrogens with zero attached hydrogens (tertiary/aromatic N) is 1. The minimum absolute atomic E-state index is 0.283. The van der Waals surface area contributed by atoms with Crippen LogP contribution in [0.25, 0.3) is 0 Å². The van der Waals surface area contributed by atoms with Crippen LogP contribution in [0.4, 0.5) is 0 Å². The zero-order valence-corrected chi connectivity index (χ0v) is 12.5. The smallest absolute Gasteiger partial charge is 0.309 e. The molecule has 0 aromatic carbocycles. The van der Waals surface area contributed by atoms with Crippen LogP contribution in [0, 0.1) is 5.41 Å². The second-order valence-electron chi connectivity index (χ2n) is 5.13. The summed E-state index contributed by atoms with van der Waals surface area (Å²) >= 11 is 0. The van der Waals surface area contributed by atoms with Gasteiger partial charge in [0.15, 0.2) is 0 Å². The van der Waals surface area contributed by atoms with Crippen molar-refractivity contribution < 1.29 is 18.3 Å². The van der Waals surface area contributed by atoms with Gasteiger partial charge in [0.25, 0.3) is 10.2 Å². The van der Waals surface area contributed by atoms with Crippen LogP contribution in [0.15, 0.2) is 0 Å². The molecule has 1 aliphatic heterocycles. The third kappa shape index (κ3) is 3.90. The average Bonchev–Trinajstić information content (AvgIpc) is 2.37. The van der Waals surface area contributed by atoms with Crippen molar-refractivity contribution in [2.75, 3.05) is 19.6 Å². The van der Waals surface area contributed by atoms with Crippen molar-refractivity contribution in [3.8, 4) is 0 Å². The van der Waals surface area contributed by atoms with Gasteiger partial charge in [-0.15, -0.1) is 0 Å². The van der Waals surface area contributed by atoms with Crippen LogP contribution in [-0.4, -0.2) is 43.4 Å². The SMILES string of the molecule is CCCNS(=O)(=O)N1CCC(CCC)(C(=O)O)CC1. The number of piperidine rings is 1. The largest absolute Gasteiger partial charge is 0.481 e. The van der Waals surface area contributed by atoms with Crippen molar-refractivity contribution in [1.29, 1.82) is 0 Å². The number of rotatable bonds is 7. The van der Waals surface area contributed by atoms with Crippen LogP contribution in [0.5, 0.6) is 0 Å². The number of hydrogen-bond acceptors (Lipinski definition) is 3. The molecule has 0 radical (unpaired) electrons. The Hall–Kier alpha value is -0.660. The lowest BCUT2D eigenvalue weighted by molar-refractivity contribution is -0.152. The van der Waals surface area contributed by atoms with Crippen molar-refractivity contribution in [3.05, 3.63) is 0 Å². The number of carboxylic acid groups (broad SMARTS) is 1. The number of aliphatic carboxylic acids is 1. The topological polar surface area (TPSA) is 86.7 Å². The van der Waals surface area contributed by atoms with Gasteiger partial charge in [0.1, 0.15) is 0 Å². The zero-order valence-electron chi connectivity index (χ0n) is 11.7. The molecule has 0 aliphatic carbocycles. The van der Waals surface area contributed by atoms with E-state index in [-0.39, 0.29) is 13.1 Å². The molecule has 0 bridgehead atoms. The summed E-state index contributed by atoms with van der Waals surface area (Å²) in [6.45, 7) is 4.83. The molecule has 1 heterocycles. The maximum Gasteiger partial charge on any atom is 0.309 e. The van der Waals surface area contributed by atoms with Crippen LogP contribution >= 0.6 is 0 Å². The molecule has 1 aliphatic rings. The first kappa shape index (κ1) is 16.4. The summed E-state index contributed by atoms with van der Waals surface area (Å²) in [5, 5.41) is 9.37. The van der Waals surface area contributed by atoms with Gasteiger partial charge in [0.2, 0.25) is 0 Å². The van der Waals surface area contributed by atoms with E-state index in [2.05, 4.69) is 4.72 Å². The molecule has 7 heteroatoms. The standard InChI is InChI=1S/C12H24N2O4S/c1-3-5-12(11(15)16)6-9-14(10-7-12)19(17,18)13-8-4-2/h13H,3-10H2,1-2H3,(H,15,16). The van der Waals surface area contributed by atoms with E-state index in [1.807, 2.05) is 13.8 Å². The van der Waals surface area contributed by atoms with Gasteiger partial charge in [0, 0.05) is 19.6 Å². The third-order valence-electron chi connectivity index (χ3n) is 3.74. The van der Waals surface area contributed by atoms with Crippen LogP contribution in [-0.2, 0) is 15.0 Å². The number of hydrogen-bond donors (Lipinski definition) is 2. The summed E-state index contributed by atoms with van der Waals surface area (Å²) in [6.07, 6.45) is 2.93. The van der Waals surface area contributed by atoms with Gasteiger partial charge < -0.3 is 5.11 Å². The normalized spacial score (nSPS) is 20.3. The van der Waals surface area contributed by atoms with Gasteiger partial charge in [-0.25, -0.2) is 4.72 Å². The van der Waals surface area contributed by atoms with E-state index in [4.69, 9.17) is 0 Å². The molecule has 112 valence electrons. The Morgan fingerprint density at radius 3 is 2.26 bits per heavy atom. The van der Waals surface area contributed by atoms with E-state index in [0.717, 1.165) is 12.8 Å². The summed E-state index contributed by atoms with van der Waals surface area (Å²) in [4.78, 5) is 11.4. The summed E-state index contributed by atoms with van der Waals surface area (Å²) < 4.78 is 27.8. The lowest BCUT2D eigenvalue weighted by atomic mass is 9.75. The number of carbonyl (C=O) groups is 1. The molecule has 0 saturated carbocycles. The first-order chi connectivity index (χ1) is 8.88. The van der Waals surface area contributed by atoms with E-state index in [1.165, 1.54) is 4.31 Å². The number of nitrogens with one attached hydrogen (secondary N) is 1. The average molecular weight is 292 g/mol. The van der Waals surface area contributed by atoms with Crippen LogP contribution < -0.4 is 4.72 Å². The van der Waals surface area contributed by atoms with Gasteiger partial charge in [0.05, 0.1) is 5.41 Å². The Labute approximate surface area is 115 Å². The minimum Gasteiger partial charge on any atom is -0.481 e. The van der Waals surface area contributed by atoms with Crippen LogP contribution in [0.2, 0.25) is 0 Å². The third-order valence-corrected chi connectivity index (χ3v) is 5.35. The van der Waals surface area contributed by atoms with Crippen molar-refractivity contribution in [1.82, 2.24) is 9.03 Å². The first-order valence-electron chi connectivity index (χ1n) is 6.86. The fourth-order valence-corrected chi connectivity index (χ4v) is 3.83. The van der Waals surface area contributed by atoms with Crippen molar-refractivity contribution >= 4 is 16.2 Å². The van der Waals surface area contributed by atoms with Gasteiger partial charge in [-0.05, 0) is 25.7 Å². The zero-order chi connectivity index (χ0) is 14.5. The molecule has 0 aromatic rings. The van der Waals surface area contributed by atoms with E-state index >= 15 is 0 Å². The molecule has 1 rings (SSSR count). The molecular weight excluding hydrogens is 268 g/mol. The fourth-order valence-electron chi connectivity index (χ4n) is 2.53. The second-order valence-corrected chi connectivity index (χ2v) is 6.89. The van der Waals surface area contributed by atoms with Crippen molar-refractivity contribution in [2.24, 2.45) is 5.41 Å². The monoisotopic (exact) mass is 292 g/mol. The molecule has 0 amide bonds. The Morgan fingerprint density at radius 2 is 1.84 bits per heavy atom. The highest BCUT2D eigenvalue weighted by atomic mass is 32.2. The Bertz CT molecular complexity index is 400. The van der Waals surface area contributed by atoms with Crippen molar-refractivity contribution in [2.45, 2.75) is 46.0 Å². The van der Waals surface area contributed by atoms with Crippen LogP contribution in [0.1, 0.15) is 46.0 Å². The molecule has 2 N–H and O–H groups in total. The molecule has 0 atom stereocenters. The Morgan fingerprint density at radius 1 is 1.26 bits per heavy atom. The van der Waals surface area contributed by atoms with Gasteiger partial charge in [-0.1, -0.05) is 20.3 Å². The summed E-state index contributed by atoms with van der Waals surface area (Å²) in [7, 11) is -3.45. The van der Waals surface area contributed by atoms with E-state index in [0.29, 0.717) is 25.8 Å². The van der Waals surface area contributed by atoms with Crippen molar-refractivity contribution in [3.63, 3.8) is 0 Å². The minimum atomic E-state index is -3.45. The molecule has 6 nitrogen and oxygen atoms in total. The Kier molecular flexibility index (Phi) is 5.76. The van der Waals surface area contributed by atoms with Gasteiger partial charge in [-0.3, -0.25) is 4.79 Å². The molecule has 0 unspecified atom stereocenters. The van der Waals surface area contributed by atoms with E-state index < -0.39 is 21.6 Å². The summed E-state index contributed by atoms with van der Waals surface area (Å²) in [5.74, 6) is -0.798. The highest BCUT2D eigenvalue weighted by molar-refractivity contribution is 7.87. The Balaban J connectivity index is 2.68. The maximum atomic E-state index is 12.0. The highest BCUT2D eigenvalue weighted by Crippen LogP contribution is 2.37. The molecule has 0 aromatic heterocycles. The highest BCUT2D eigenvalue weighted by Gasteiger charge is 2.42. The molecule has 1 fully saturated rings. The molecule has 0 spiro atoms. The predicted octanol–water partition coefficient (Wildman–Crippen LogP) is 1.20. The van der Waals surface area contributed by atoms with E-state index in [9.17, 15) is 18.3 Å². The molecular formula is C12H24N2O4S. The second kappa shape index (κ2) is 6.67. The number of carboxylic acids is 1. The summed E-state index contributed by atoms with van der Waals surface area (Å²) in [6, 6.07) is 0. The predicted molar refractivity (Wildman–Crippen MR) is 73.0 cm³/mol. The lowest BCUT2D eigenvalue weighted by Gasteiger charge is -2.38. The van der Waals surface area contributed by atoms with Gasteiger partial charge in [-0.2, -0.15) is 12.7 Å². The van der Waals surface area contributed by atoms with Crippen LogP contribution in [0.3, 0.4) is 0 Å².